The molecule has 0 aliphatic heterocycles. The number of carbonyl (C=O) groups is 1. The first kappa shape index (κ1) is 13.8. The fourth-order valence-corrected chi connectivity index (χ4v) is 2.52. The lowest BCUT2D eigenvalue weighted by Crippen LogP contribution is -2.00. The first-order chi connectivity index (χ1) is 9.97. The van der Waals surface area contributed by atoms with Crippen LogP contribution in [0, 0.1) is 13.8 Å². The number of fused-ring (bicyclic) bond motifs is 1. The van der Waals surface area contributed by atoms with Gasteiger partial charge in [0.05, 0.1) is 16.8 Å². The summed E-state index contributed by atoms with van der Waals surface area (Å²) in [4.78, 5) is 11.1. The Balaban J connectivity index is 2.25. The molecule has 21 heavy (non-hydrogen) atoms. The highest BCUT2D eigenvalue weighted by molar-refractivity contribution is 9.10. The van der Waals surface area contributed by atoms with E-state index in [0.29, 0.717) is 11.0 Å². The molecule has 0 radical (unpaired) electrons. The molecule has 0 bridgehead atoms. The van der Waals surface area contributed by atoms with Gasteiger partial charge in [-0.15, -0.1) is 5.10 Å². The van der Waals surface area contributed by atoms with Crippen LogP contribution in [0.1, 0.15) is 21.5 Å². The van der Waals surface area contributed by atoms with Crippen LogP contribution in [-0.4, -0.2) is 26.1 Å². The minimum absolute atomic E-state index is 0.219. The largest absolute Gasteiger partial charge is 0.478 e. The van der Waals surface area contributed by atoms with Gasteiger partial charge in [-0.3, -0.25) is 0 Å². The van der Waals surface area contributed by atoms with Crippen LogP contribution in [0.15, 0.2) is 34.8 Å². The number of aryl methyl sites for hydroxylation is 2. The third-order valence-electron chi connectivity index (χ3n) is 3.36. The van der Waals surface area contributed by atoms with E-state index in [1.54, 1.807) is 16.8 Å². The second kappa shape index (κ2) is 4.96. The van der Waals surface area contributed by atoms with E-state index in [2.05, 4.69) is 26.2 Å². The molecule has 0 saturated heterocycles. The van der Waals surface area contributed by atoms with E-state index in [-0.39, 0.29) is 5.56 Å². The molecule has 6 heteroatoms. The quantitative estimate of drug-likeness (QED) is 0.771. The van der Waals surface area contributed by atoms with Crippen molar-refractivity contribution in [1.82, 2.24) is 15.0 Å². The summed E-state index contributed by atoms with van der Waals surface area (Å²) in [7, 11) is 0. The zero-order valence-electron chi connectivity index (χ0n) is 11.5. The van der Waals surface area contributed by atoms with Crippen molar-refractivity contribution in [3.8, 4) is 5.69 Å². The monoisotopic (exact) mass is 345 g/mol. The maximum Gasteiger partial charge on any atom is 0.335 e. The Kier molecular flexibility index (Phi) is 3.25. The van der Waals surface area contributed by atoms with Crippen molar-refractivity contribution >= 4 is 32.9 Å². The summed E-state index contributed by atoms with van der Waals surface area (Å²) in [5.41, 5.74) is 4.59. The second-order valence-corrected chi connectivity index (χ2v) is 5.70. The molecule has 0 saturated carbocycles. The molecule has 0 unspecified atom stereocenters. The van der Waals surface area contributed by atoms with E-state index in [0.717, 1.165) is 21.3 Å². The summed E-state index contributed by atoms with van der Waals surface area (Å²) in [6.45, 7) is 4.00. The maximum atomic E-state index is 11.1. The van der Waals surface area contributed by atoms with Crippen LogP contribution in [0.2, 0.25) is 0 Å². The number of aromatic nitrogens is 3. The average Bonchev–Trinajstić information content (AvgIpc) is 2.87. The summed E-state index contributed by atoms with van der Waals surface area (Å²) in [5, 5.41) is 17.3. The Morgan fingerprint density at radius 1 is 1.19 bits per heavy atom. The SMILES string of the molecule is Cc1cc(-n2nnc3ccc(C(=O)O)cc32)cc(C)c1Br. The van der Waals surface area contributed by atoms with Gasteiger partial charge in [-0.05, 0) is 55.3 Å². The van der Waals surface area contributed by atoms with Crippen molar-refractivity contribution in [2.75, 3.05) is 0 Å². The van der Waals surface area contributed by atoms with Gasteiger partial charge in [-0.25, -0.2) is 9.48 Å². The number of carboxylic acid groups (broad SMARTS) is 1. The van der Waals surface area contributed by atoms with Crippen LogP contribution < -0.4 is 0 Å². The number of hydrogen-bond acceptors (Lipinski definition) is 3. The van der Waals surface area contributed by atoms with Crippen molar-refractivity contribution < 1.29 is 9.90 Å². The molecule has 0 spiro atoms. The minimum atomic E-state index is -0.965. The summed E-state index contributed by atoms with van der Waals surface area (Å²) >= 11 is 3.53. The highest BCUT2D eigenvalue weighted by Gasteiger charge is 2.12. The van der Waals surface area contributed by atoms with Crippen LogP contribution in [-0.2, 0) is 0 Å². The Hall–Kier alpha value is -2.21. The number of carboxylic acids is 1. The van der Waals surface area contributed by atoms with Gasteiger partial charge in [-0.1, -0.05) is 21.1 Å². The first-order valence-electron chi connectivity index (χ1n) is 6.33. The number of benzene rings is 2. The van der Waals surface area contributed by atoms with Crippen LogP contribution in [0.3, 0.4) is 0 Å². The molecule has 0 aliphatic rings. The van der Waals surface area contributed by atoms with E-state index in [1.807, 2.05) is 26.0 Å². The number of rotatable bonds is 2. The van der Waals surface area contributed by atoms with Crippen molar-refractivity contribution in [3.05, 3.63) is 51.5 Å². The van der Waals surface area contributed by atoms with Crippen molar-refractivity contribution in [3.63, 3.8) is 0 Å². The Morgan fingerprint density at radius 3 is 2.48 bits per heavy atom. The lowest BCUT2D eigenvalue weighted by atomic mass is 10.1. The molecule has 0 aliphatic carbocycles. The van der Waals surface area contributed by atoms with Crippen LogP contribution >= 0.6 is 15.9 Å². The molecular weight excluding hydrogens is 334 g/mol. The topological polar surface area (TPSA) is 68.0 Å². The van der Waals surface area contributed by atoms with Crippen molar-refractivity contribution in [2.45, 2.75) is 13.8 Å². The third-order valence-corrected chi connectivity index (χ3v) is 4.61. The Labute approximate surface area is 129 Å². The fourth-order valence-electron chi connectivity index (χ4n) is 2.29. The summed E-state index contributed by atoms with van der Waals surface area (Å²) in [5.74, 6) is -0.965. The molecular formula is C15H12BrN3O2. The molecule has 1 N–H and O–H groups in total. The molecule has 2 aromatic carbocycles. The highest BCUT2D eigenvalue weighted by Crippen LogP contribution is 2.26. The zero-order chi connectivity index (χ0) is 15.1. The van der Waals surface area contributed by atoms with E-state index in [1.165, 1.54) is 6.07 Å². The summed E-state index contributed by atoms with van der Waals surface area (Å²) < 4.78 is 2.72. The maximum absolute atomic E-state index is 11.1. The third kappa shape index (κ3) is 2.31. The van der Waals surface area contributed by atoms with E-state index in [9.17, 15) is 4.79 Å². The van der Waals surface area contributed by atoms with Crippen LogP contribution in [0.5, 0.6) is 0 Å². The van der Waals surface area contributed by atoms with E-state index >= 15 is 0 Å². The molecule has 0 amide bonds. The molecule has 5 nitrogen and oxygen atoms in total. The zero-order valence-corrected chi connectivity index (χ0v) is 13.0. The van der Waals surface area contributed by atoms with Crippen LogP contribution in [0.25, 0.3) is 16.7 Å². The van der Waals surface area contributed by atoms with Gasteiger partial charge in [0, 0.05) is 4.47 Å². The van der Waals surface area contributed by atoms with Gasteiger partial charge >= 0.3 is 5.97 Å². The predicted molar refractivity (Wildman–Crippen MR) is 83.0 cm³/mol. The second-order valence-electron chi connectivity index (χ2n) is 4.90. The summed E-state index contributed by atoms with van der Waals surface area (Å²) in [6.07, 6.45) is 0. The number of hydrogen-bond donors (Lipinski definition) is 1. The van der Waals surface area contributed by atoms with Crippen molar-refractivity contribution in [2.24, 2.45) is 0 Å². The average molecular weight is 346 g/mol. The number of nitrogens with zero attached hydrogens (tertiary/aromatic N) is 3. The smallest absolute Gasteiger partial charge is 0.335 e. The normalized spacial score (nSPS) is 11.0. The molecule has 0 fully saturated rings. The predicted octanol–water partition coefficient (Wildman–Crippen LogP) is 3.50. The minimum Gasteiger partial charge on any atom is -0.478 e. The first-order valence-corrected chi connectivity index (χ1v) is 7.12. The molecule has 0 atom stereocenters. The molecule has 3 aromatic rings. The van der Waals surface area contributed by atoms with Gasteiger partial charge in [0.1, 0.15) is 5.52 Å². The standard InChI is InChI=1S/C15H12BrN3O2/c1-8-5-11(6-9(2)14(8)16)19-13-7-10(15(20)21)3-4-12(13)17-18-19/h3-7H,1-2H3,(H,20,21). The van der Waals surface area contributed by atoms with Gasteiger partial charge in [0.25, 0.3) is 0 Å². The summed E-state index contributed by atoms with van der Waals surface area (Å²) in [6, 6.07) is 8.75. The molecule has 106 valence electrons. The van der Waals surface area contributed by atoms with E-state index in [4.69, 9.17) is 5.11 Å². The molecule has 1 heterocycles. The molecule has 3 rings (SSSR count). The lowest BCUT2D eigenvalue weighted by molar-refractivity contribution is 0.0697. The van der Waals surface area contributed by atoms with Gasteiger partial charge in [0.2, 0.25) is 0 Å². The number of halogens is 1. The number of aromatic carboxylic acids is 1. The van der Waals surface area contributed by atoms with E-state index < -0.39 is 5.97 Å². The Morgan fingerprint density at radius 2 is 1.86 bits per heavy atom. The van der Waals surface area contributed by atoms with Gasteiger partial charge in [-0.2, -0.15) is 0 Å². The lowest BCUT2D eigenvalue weighted by Gasteiger charge is -2.08. The molecule has 1 aromatic heterocycles. The van der Waals surface area contributed by atoms with Crippen molar-refractivity contribution in [1.29, 1.82) is 0 Å². The van der Waals surface area contributed by atoms with Crippen LogP contribution in [0.4, 0.5) is 0 Å². The Bertz CT molecular complexity index is 847. The highest BCUT2D eigenvalue weighted by atomic mass is 79.9. The van der Waals surface area contributed by atoms with Gasteiger partial charge < -0.3 is 5.11 Å². The fraction of sp³-hybridized carbons (Fsp3) is 0.133. The van der Waals surface area contributed by atoms with Gasteiger partial charge in [0.15, 0.2) is 0 Å².